The Morgan fingerprint density at radius 2 is 1.93 bits per heavy atom. The molecule has 1 aromatic heterocycles. The van der Waals surface area contributed by atoms with Gasteiger partial charge in [-0.3, -0.25) is 14.2 Å². The maximum atomic E-state index is 13.5. The van der Waals surface area contributed by atoms with Gasteiger partial charge in [0, 0.05) is 11.3 Å². The number of H-pyrrole nitrogens is 1. The molecule has 5 nitrogen and oxygen atoms in total. The van der Waals surface area contributed by atoms with Crippen LogP contribution in [-0.4, -0.2) is 15.5 Å². The van der Waals surface area contributed by atoms with E-state index in [1.165, 1.54) is 22.8 Å². The second kappa shape index (κ2) is 7.85. The number of aromatic amines is 1. The topological polar surface area (TPSA) is 66.9 Å². The molecule has 0 spiro atoms. The number of halogens is 2. The Hall–Kier alpha value is -3.29. The van der Waals surface area contributed by atoms with Gasteiger partial charge in [-0.2, -0.15) is 0 Å². The lowest BCUT2D eigenvalue weighted by Gasteiger charge is -2.10. The molecule has 0 radical (unpaired) electrons. The molecule has 4 aromatic rings. The number of fused-ring (bicyclic) bond motifs is 1. The van der Waals surface area contributed by atoms with Crippen LogP contribution in [0, 0.1) is 17.5 Å². The molecule has 0 aliphatic carbocycles. The van der Waals surface area contributed by atoms with Crippen LogP contribution in [0.2, 0.25) is 5.02 Å². The van der Waals surface area contributed by atoms with Crippen molar-refractivity contribution in [3.8, 4) is 5.69 Å². The molecule has 0 atom stereocenters. The third-order valence-electron chi connectivity index (χ3n) is 4.60. The molecular weight excluding hydrogens is 425 g/mol. The van der Waals surface area contributed by atoms with E-state index in [4.69, 9.17) is 23.8 Å². The predicted molar refractivity (Wildman–Crippen MR) is 119 cm³/mol. The summed E-state index contributed by atoms with van der Waals surface area (Å²) in [7, 11) is 0. The lowest BCUT2D eigenvalue weighted by Crippen LogP contribution is -2.21. The SMILES string of the molecule is Cc1cccc(NC(=O)c2ccc3c(=O)n(-c4ccc(F)c(Cl)c4)c(=S)[nH]c3c2)c1. The molecule has 150 valence electrons. The highest BCUT2D eigenvalue weighted by atomic mass is 35.5. The highest BCUT2D eigenvalue weighted by Crippen LogP contribution is 2.20. The molecule has 1 amide bonds. The van der Waals surface area contributed by atoms with Gasteiger partial charge in [0.2, 0.25) is 0 Å². The fraction of sp³-hybridized carbons (Fsp3) is 0.0455. The maximum absolute atomic E-state index is 13.5. The summed E-state index contributed by atoms with van der Waals surface area (Å²) in [5.74, 6) is -0.898. The van der Waals surface area contributed by atoms with E-state index < -0.39 is 11.4 Å². The molecule has 2 N–H and O–H groups in total. The van der Waals surface area contributed by atoms with E-state index in [-0.39, 0.29) is 15.7 Å². The number of nitrogens with one attached hydrogen (secondary N) is 2. The van der Waals surface area contributed by atoms with Crippen LogP contribution in [0.5, 0.6) is 0 Å². The number of anilines is 1. The van der Waals surface area contributed by atoms with E-state index in [0.717, 1.165) is 5.56 Å². The van der Waals surface area contributed by atoms with Crippen molar-refractivity contribution in [3.63, 3.8) is 0 Å². The Morgan fingerprint density at radius 3 is 2.67 bits per heavy atom. The van der Waals surface area contributed by atoms with E-state index in [9.17, 15) is 14.0 Å². The molecule has 30 heavy (non-hydrogen) atoms. The molecular formula is C22H15ClFN3O2S. The first-order valence-electron chi connectivity index (χ1n) is 8.96. The number of hydrogen-bond donors (Lipinski definition) is 2. The molecule has 8 heteroatoms. The van der Waals surface area contributed by atoms with Crippen LogP contribution >= 0.6 is 23.8 Å². The molecule has 3 aromatic carbocycles. The van der Waals surface area contributed by atoms with Crippen LogP contribution in [0.25, 0.3) is 16.6 Å². The standard InChI is InChI=1S/C22H15ClFN3O2S/c1-12-3-2-4-14(9-12)25-20(28)13-5-7-16-19(10-13)26-22(30)27(21(16)29)15-6-8-18(24)17(23)11-15/h2-11H,1H3,(H,25,28)(H,26,30). The van der Waals surface area contributed by atoms with Gasteiger partial charge in [0.15, 0.2) is 4.77 Å². The fourth-order valence-electron chi connectivity index (χ4n) is 3.14. The Labute approximate surface area is 180 Å². The number of carbonyl (C=O) groups excluding carboxylic acids is 1. The number of carbonyl (C=O) groups is 1. The molecule has 4 rings (SSSR count). The Kier molecular flexibility index (Phi) is 5.24. The van der Waals surface area contributed by atoms with E-state index in [2.05, 4.69) is 10.3 Å². The lowest BCUT2D eigenvalue weighted by atomic mass is 10.1. The summed E-state index contributed by atoms with van der Waals surface area (Å²) in [5, 5.41) is 3.05. The highest BCUT2D eigenvalue weighted by Gasteiger charge is 2.13. The molecule has 0 fully saturated rings. The van der Waals surface area contributed by atoms with Crippen molar-refractivity contribution >= 4 is 46.3 Å². The summed E-state index contributed by atoms with van der Waals surface area (Å²) in [6, 6.07) is 16.0. The molecule has 0 aliphatic rings. The van der Waals surface area contributed by atoms with Crippen LogP contribution in [0.15, 0.2) is 65.5 Å². The van der Waals surface area contributed by atoms with Crippen LogP contribution in [0.3, 0.4) is 0 Å². The number of benzene rings is 3. The van der Waals surface area contributed by atoms with Gasteiger partial charge in [0.05, 0.1) is 21.6 Å². The van der Waals surface area contributed by atoms with Crippen molar-refractivity contribution in [3.05, 3.63) is 97.8 Å². The van der Waals surface area contributed by atoms with E-state index in [1.807, 2.05) is 25.1 Å². The van der Waals surface area contributed by atoms with Crippen LogP contribution in [0.1, 0.15) is 15.9 Å². The highest BCUT2D eigenvalue weighted by molar-refractivity contribution is 7.71. The number of amides is 1. The van der Waals surface area contributed by atoms with Gasteiger partial charge in [-0.05, 0) is 73.2 Å². The van der Waals surface area contributed by atoms with Crippen molar-refractivity contribution in [2.75, 3.05) is 5.32 Å². The van der Waals surface area contributed by atoms with Gasteiger partial charge in [-0.25, -0.2) is 4.39 Å². The van der Waals surface area contributed by atoms with Crippen molar-refractivity contribution in [1.82, 2.24) is 9.55 Å². The third-order valence-corrected chi connectivity index (χ3v) is 5.17. The van der Waals surface area contributed by atoms with Gasteiger partial charge in [0.25, 0.3) is 11.5 Å². The first-order chi connectivity index (χ1) is 14.3. The minimum Gasteiger partial charge on any atom is -0.331 e. The van der Waals surface area contributed by atoms with Gasteiger partial charge in [-0.1, -0.05) is 23.7 Å². The number of aryl methyl sites for hydroxylation is 1. The van der Waals surface area contributed by atoms with Gasteiger partial charge in [-0.15, -0.1) is 0 Å². The second-order valence-electron chi connectivity index (χ2n) is 6.75. The summed E-state index contributed by atoms with van der Waals surface area (Å²) in [6.45, 7) is 1.94. The maximum Gasteiger partial charge on any atom is 0.266 e. The molecule has 0 bridgehead atoms. The van der Waals surface area contributed by atoms with Gasteiger partial charge in [0.1, 0.15) is 5.82 Å². The lowest BCUT2D eigenvalue weighted by molar-refractivity contribution is 0.102. The summed E-state index contributed by atoms with van der Waals surface area (Å²) in [6.07, 6.45) is 0. The average Bonchev–Trinajstić information content (AvgIpc) is 2.70. The number of nitrogens with zero attached hydrogens (tertiary/aromatic N) is 1. The van der Waals surface area contributed by atoms with Crippen molar-refractivity contribution in [2.24, 2.45) is 0 Å². The van der Waals surface area contributed by atoms with Crippen molar-refractivity contribution in [2.45, 2.75) is 6.92 Å². The first kappa shape index (κ1) is 20.0. The van der Waals surface area contributed by atoms with E-state index >= 15 is 0 Å². The molecule has 0 saturated carbocycles. The van der Waals surface area contributed by atoms with Crippen LogP contribution in [0.4, 0.5) is 10.1 Å². The Balaban J connectivity index is 1.76. The fourth-order valence-corrected chi connectivity index (χ4v) is 3.62. The summed E-state index contributed by atoms with van der Waals surface area (Å²) in [4.78, 5) is 28.6. The Morgan fingerprint density at radius 1 is 1.13 bits per heavy atom. The van der Waals surface area contributed by atoms with Gasteiger partial charge < -0.3 is 10.3 Å². The zero-order valence-electron chi connectivity index (χ0n) is 15.7. The minimum absolute atomic E-state index is 0.103. The number of rotatable bonds is 3. The van der Waals surface area contributed by atoms with E-state index in [0.29, 0.717) is 27.8 Å². The predicted octanol–water partition coefficient (Wildman–Crippen LogP) is 5.40. The van der Waals surface area contributed by atoms with Crippen molar-refractivity contribution < 1.29 is 9.18 Å². The Bertz CT molecular complexity index is 1430. The first-order valence-corrected chi connectivity index (χ1v) is 9.74. The smallest absolute Gasteiger partial charge is 0.266 e. The normalized spacial score (nSPS) is 10.9. The van der Waals surface area contributed by atoms with Crippen molar-refractivity contribution in [1.29, 1.82) is 0 Å². The number of hydrogen-bond acceptors (Lipinski definition) is 3. The summed E-state index contributed by atoms with van der Waals surface area (Å²) >= 11 is 11.2. The van der Waals surface area contributed by atoms with E-state index in [1.54, 1.807) is 24.3 Å². The van der Waals surface area contributed by atoms with Crippen LogP contribution in [-0.2, 0) is 0 Å². The minimum atomic E-state index is -0.589. The monoisotopic (exact) mass is 439 g/mol. The quantitative estimate of drug-likeness (QED) is 0.420. The number of aromatic nitrogens is 2. The third kappa shape index (κ3) is 3.77. The largest absolute Gasteiger partial charge is 0.331 e. The molecule has 0 aliphatic heterocycles. The molecule has 0 unspecified atom stereocenters. The van der Waals surface area contributed by atoms with Gasteiger partial charge >= 0.3 is 0 Å². The molecule has 1 heterocycles. The zero-order chi connectivity index (χ0) is 21.4. The zero-order valence-corrected chi connectivity index (χ0v) is 17.3. The summed E-state index contributed by atoms with van der Waals surface area (Å²) < 4.78 is 14.8. The molecule has 0 saturated heterocycles. The summed E-state index contributed by atoms with van der Waals surface area (Å²) in [5.41, 5.74) is 2.44. The van der Waals surface area contributed by atoms with Crippen LogP contribution < -0.4 is 10.9 Å². The average molecular weight is 440 g/mol. The second-order valence-corrected chi connectivity index (χ2v) is 7.55.